The first-order valence-electron chi connectivity index (χ1n) is 5.45. The Labute approximate surface area is 114 Å². The van der Waals surface area contributed by atoms with E-state index in [9.17, 15) is 0 Å². The Hall–Kier alpha value is -1.50. The van der Waals surface area contributed by atoms with Gasteiger partial charge in [0.15, 0.2) is 0 Å². The molecule has 0 aliphatic carbocycles. The monoisotopic (exact) mass is 307 g/mol. The average Bonchev–Trinajstić information content (AvgIpc) is 2.38. The van der Waals surface area contributed by atoms with Gasteiger partial charge in [-0.05, 0) is 45.6 Å². The summed E-state index contributed by atoms with van der Waals surface area (Å²) in [5.41, 5.74) is 11.3. The van der Waals surface area contributed by atoms with E-state index in [1.54, 1.807) is 30.9 Å². The van der Waals surface area contributed by atoms with E-state index in [2.05, 4.69) is 31.3 Å². The van der Waals surface area contributed by atoms with Crippen molar-refractivity contribution in [3.8, 4) is 0 Å². The van der Waals surface area contributed by atoms with Gasteiger partial charge in [0.25, 0.3) is 0 Å². The maximum Gasteiger partial charge on any atom is 0.0517 e. The number of aromatic nitrogens is 2. The number of hydrogen-bond acceptors (Lipinski definition) is 5. The van der Waals surface area contributed by atoms with Gasteiger partial charge in [-0.3, -0.25) is 21.2 Å². The Balaban J connectivity index is 2.23. The Morgan fingerprint density at radius 3 is 2.78 bits per heavy atom. The second-order valence-corrected chi connectivity index (χ2v) is 4.85. The number of nitrogens with two attached hydrogens (primary N) is 2. The maximum absolute atomic E-state index is 5.90. The van der Waals surface area contributed by atoms with Gasteiger partial charge in [-0.15, -0.1) is 0 Å². The molecule has 0 fully saturated rings. The number of rotatable bonds is 4. The first-order valence-corrected chi connectivity index (χ1v) is 6.25. The molecule has 2 aromatic heterocycles. The summed E-state index contributed by atoms with van der Waals surface area (Å²) in [7, 11) is 0. The summed E-state index contributed by atoms with van der Waals surface area (Å²) in [6.07, 6.45) is 7.60. The first kappa shape index (κ1) is 12.9. The normalized spacial score (nSPS) is 12.3. The first-order chi connectivity index (χ1) is 8.70. The Morgan fingerprint density at radius 2 is 2.11 bits per heavy atom. The molecular weight excluding hydrogens is 294 g/mol. The molecule has 0 bridgehead atoms. The highest BCUT2D eigenvalue weighted by Gasteiger charge is 2.13. The molecule has 2 rings (SSSR count). The number of pyridine rings is 2. The van der Waals surface area contributed by atoms with E-state index in [1.807, 2.05) is 6.07 Å². The van der Waals surface area contributed by atoms with Crippen molar-refractivity contribution in [3.63, 3.8) is 0 Å². The van der Waals surface area contributed by atoms with Gasteiger partial charge >= 0.3 is 0 Å². The molecule has 0 aliphatic rings. The lowest BCUT2D eigenvalue weighted by molar-refractivity contribution is 0.550. The second-order valence-electron chi connectivity index (χ2n) is 3.93. The third-order valence-corrected chi connectivity index (χ3v) is 3.13. The molecule has 0 spiro atoms. The van der Waals surface area contributed by atoms with Crippen molar-refractivity contribution < 1.29 is 0 Å². The van der Waals surface area contributed by atoms with Gasteiger partial charge in [-0.25, -0.2) is 0 Å². The predicted molar refractivity (Wildman–Crippen MR) is 74.4 cm³/mol. The molecule has 0 aliphatic heterocycles. The third kappa shape index (κ3) is 3.04. The zero-order chi connectivity index (χ0) is 13.0. The summed E-state index contributed by atoms with van der Waals surface area (Å²) >= 11 is 3.39. The van der Waals surface area contributed by atoms with Gasteiger partial charge < -0.3 is 5.73 Å². The van der Waals surface area contributed by atoms with Crippen LogP contribution in [0.1, 0.15) is 17.2 Å². The number of halogens is 1. The van der Waals surface area contributed by atoms with Crippen LogP contribution in [0.4, 0.5) is 5.69 Å². The highest BCUT2D eigenvalue weighted by Crippen LogP contribution is 2.22. The molecule has 1 atom stereocenters. The lowest BCUT2D eigenvalue weighted by Crippen LogP contribution is -2.30. The molecule has 6 heteroatoms. The molecule has 0 amide bonds. The Kier molecular flexibility index (Phi) is 4.24. The van der Waals surface area contributed by atoms with Crippen molar-refractivity contribution in [2.45, 2.75) is 12.5 Å². The summed E-state index contributed by atoms with van der Waals surface area (Å²) in [4.78, 5) is 8.20. The quantitative estimate of drug-likeness (QED) is 0.589. The predicted octanol–water partition coefficient (Wildman–Crippen LogP) is 1.57. The van der Waals surface area contributed by atoms with Crippen molar-refractivity contribution in [1.82, 2.24) is 15.4 Å². The molecule has 94 valence electrons. The fraction of sp³-hybridized carbons (Fsp3) is 0.167. The summed E-state index contributed by atoms with van der Waals surface area (Å²) < 4.78 is 0.916. The van der Waals surface area contributed by atoms with Crippen molar-refractivity contribution in [2.75, 3.05) is 5.73 Å². The van der Waals surface area contributed by atoms with Gasteiger partial charge in [0.2, 0.25) is 0 Å². The number of nitrogen functional groups attached to an aromatic ring is 1. The molecule has 2 heterocycles. The van der Waals surface area contributed by atoms with Crippen LogP contribution in [0.3, 0.4) is 0 Å². The van der Waals surface area contributed by atoms with Gasteiger partial charge in [0.1, 0.15) is 0 Å². The molecular formula is C12H14BrN5. The average molecular weight is 308 g/mol. The van der Waals surface area contributed by atoms with Crippen LogP contribution in [0.25, 0.3) is 0 Å². The summed E-state index contributed by atoms with van der Waals surface area (Å²) in [5.74, 6) is 5.60. The van der Waals surface area contributed by atoms with E-state index in [-0.39, 0.29) is 6.04 Å². The van der Waals surface area contributed by atoms with Gasteiger partial charge in [0.05, 0.1) is 6.04 Å². The molecule has 0 saturated carbocycles. The zero-order valence-electron chi connectivity index (χ0n) is 9.68. The number of anilines is 1. The standard InChI is InChI=1S/C12H14BrN5/c13-10-3-9(6-17-7-10)12(18-15)4-8-5-16-2-1-11(8)14/h1-3,5-7,12,18H,4,15H2,(H2,14,16). The van der Waals surface area contributed by atoms with Gasteiger partial charge in [-0.2, -0.15) is 0 Å². The largest absolute Gasteiger partial charge is 0.398 e. The number of nitrogens with zero attached hydrogens (tertiary/aromatic N) is 2. The van der Waals surface area contributed by atoms with Crippen molar-refractivity contribution in [1.29, 1.82) is 0 Å². The molecule has 0 saturated heterocycles. The fourth-order valence-electron chi connectivity index (χ4n) is 1.72. The molecule has 5 N–H and O–H groups in total. The summed E-state index contributed by atoms with van der Waals surface area (Å²) in [6.45, 7) is 0. The van der Waals surface area contributed by atoms with Crippen LogP contribution in [-0.4, -0.2) is 9.97 Å². The third-order valence-electron chi connectivity index (χ3n) is 2.69. The molecule has 18 heavy (non-hydrogen) atoms. The van der Waals surface area contributed by atoms with Crippen molar-refractivity contribution in [3.05, 3.63) is 52.5 Å². The van der Waals surface area contributed by atoms with E-state index in [4.69, 9.17) is 11.6 Å². The minimum Gasteiger partial charge on any atom is -0.398 e. The van der Waals surface area contributed by atoms with Gasteiger partial charge in [0, 0.05) is 34.9 Å². The lowest BCUT2D eigenvalue weighted by Gasteiger charge is -2.17. The molecule has 0 aromatic carbocycles. The van der Waals surface area contributed by atoms with Crippen LogP contribution < -0.4 is 17.0 Å². The Bertz CT molecular complexity index is 531. The molecule has 2 aromatic rings. The van der Waals surface area contributed by atoms with E-state index >= 15 is 0 Å². The molecule has 1 unspecified atom stereocenters. The SMILES string of the molecule is NNC(Cc1cnccc1N)c1cncc(Br)c1. The van der Waals surface area contributed by atoms with E-state index in [0.717, 1.165) is 15.6 Å². The van der Waals surface area contributed by atoms with E-state index in [0.29, 0.717) is 12.1 Å². The van der Waals surface area contributed by atoms with Gasteiger partial charge in [-0.1, -0.05) is 0 Å². The minimum atomic E-state index is -0.0542. The highest BCUT2D eigenvalue weighted by molar-refractivity contribution is 9.10. The smallest absolute Gasteiger partial charge is 0.0517 e. The van der Waals surface area contributed by atoms with Crippen LogP contribution in [0, 0.1) is 0 Å². The van der Waals surface area contributed by atoms with Crippen LogP contribution in [0.15, 0.2) is 41.4 Å². The lowest BCUT2D eigenvalue weighted by atomic mass is 10.0. The Morgan fingerprint density at radius 1 is 1.28 bits per heavy atom. The number of hydrazine groups is 1. The van der Waals surface area contributed by atoms with Crippen LogP contribution in [0.2, 0.25) is 0 Å². The van der Waals surface area contributed by atoms with Crippen molar-refractivity contribution in [2.24, 2.45) is 5.84 Å². The fourth-order valence-corrected chi connectivity index (χ4v) is 2.10. The minimum absolute atomic E-state index is 0.0542. The molecule has 0 radical (unpaired) electrons. The summed E-state index contributed by atoms with van der Waals surface area (Å²) in [6, 6.07) is 3.70. The summed E-state index contributed by atoms with van der Waals surface area (Å²) in [5, 5.41) is 0. The van der Waals surface area contributed by atoms with Crippen LogP contribution in [-0.2, 0) is 6.42 Å². The highest BCUT2D eigenvalue weighted by atomic mass is 79.9. The van der Waals surface area contributed by atoms with Crippen LogP contribution >= 0.6 is 15.9 Å². The number of hydrogen-bond donors (Lipinski definition) is 3. The van der Waals surface area contributed by atoms with E-state index in [1.165, 1.54) is 0 Å². The second kappa shape index (κ2) is 5.90. The van der Waals surface area contributed by atoms with Crippen LogP contribution in [0.5, 0.6) is 0 Å². The number of nitrogens with one attached hydrogen (secondary N) is 1. The van der Waals surface area contributed by atoms with E-state index < -0.39 is 0 Å². The maximum atomic E-state index is 5.90. The molecule has 5 nitrogen and oxygen atoms in total. The topological polar surface area (TPSA) is 89.8 Å². The zero-order valence-corrected chi connectivity index (χ0v) is 11.3. The van der Waals surface area contributed by atoms with Crippen molar-refractivity contribution >= 4 is 21.6 Å².